The molecule has 1 N–H and O–H groups in total. The number of rotatable bonds is 4. The summed E-state index contributed by atoms with van der Waals surface area (Å²) >= 11 is 0. The predicted octanol–water partition coefficient (Wildman–Crippen LogP) is 1.35. The van der Waals surface area contributed by atoms with Gasteiger partial charge in [-0.05, 0) is 17.7 Å². The van der Waals surface area contributed by atoms with E-state index in [0.717, 1.165) is 24.7 Å². The van der Waals surface area contributed by atoms with Crippen LogP contribution >= 0.6 is 0 Å². The standard InChI is InChI=1S/C12H13NO4/c14-12(15)4-2-9-1-3-11(13-7-9)17-10-5-6-16-8-10/h1-4,7,10H,5-6,8H2,(H,14,15)/b4-2+/t10-/m1/s1. The maximum absolute atomic E-state index is 10.3. The van der Waals surface area contributed by atoms with E-state index in [1.54, 1.807) is 18.3 Å². The minimum Gasteiger partial charge on any atom is -0.478 e. The molecule has 0 spiro atoms. The Balaban J connectivity index is 1.95. The summed E-state index contributed by atoms with van der Waals surface area (Å²) in [5.41, 5.74) is 0.724. The molecular formula is C12H13NO4. The van der Waals surface area contributed by atoms with Crippen molar-refractivity contribution in [3.8, 4) is 5.88 Å². The molecule has 0 aromatic carbocycles. The highest BCUT2D eigenvalue weighted by molar-refractivity contribution is 5.85. The number of pyridine rings is 1. The summed E-state index contributed by atoms with van der Waals surface area (Å²) < 4.78 is 10.8. The maximum atomic E-state index is 10.3. The number of aliphatic carboxylic acids is 1. The monoisotopic (exact) mass is 235 g/mol. The first-order chi connectivity index (χ1) is 8.24. The molecule has 2 heterocycles. The quantitative estimate of drug-likeness (QED) is 0.798. The minimum atomic E-state index is -0.978. The van der Waals surface area contributed by atoms with Crippen LogP contribution in [0.4, 0.5) is 0 Å². The van der Waals surface area contributed by atoms with Crippen molar-refractivity contribution in [2.75, 3.05) is 13.2 Å². The number of nitrogens with zero attached hydrogens (tertiary/aromatic N) is 1. The average Bonchev–Trinajstić information content (AvgIpc) is 2.81. The molecule has 0 saturated carbocycles. The van der Waals surface area contributed by atoms with Crippen molar-refractivity contribution in [2.24, 2.45) is 0 Å². The van der Waals surface area contributed by atoms with E-state index in [4.69, 9.17) is 14.6 Å². The van der Waals surface area contributed by atoms with Crippen LogP contribution in [0.5, 0.6) is 5.88 Å². The van der Waals surface area contributed by atoms with Crippen molar-refractivity contribution in [2.45, 2.75) is 12.5 Å². The van der Waals surface area contributed by atoms with Gasteiger partial charge < -0.3 is 14.6 Å². The zero-order chi connectivity index (χ0) is 12.1. The lowest BCUT2D eigenvalue weighted by molar-refractivity contribution is -0.131. The van der Waals surface area contributed by atoms with Crippen molar-refractivity contribution in [3.05, 3.63) is 30.0 Å². The number of carbonyl (C=O) groups is 1. The second-order valence-electron chi connectivity index (χ2n) is 3.70. The van der Waals surface area contributed by atoms with Gasteiger partial charge in [-0.2, -0.15) is 0 Å². The van der Waals surface area contributed by atoms with Gasteiger partial charge in [0.05, 0.1) is 13.2 Å². The van der Waals surface area contributed by atoms with Crippen molar-refractivity contribution < 1.29 is 19.4 Å². The van der Waals surface area contributed by atoms with Gasteiger partial charge in [0.1, 0.15) is 6.10 Å². The molecule has 1 fully saturated rings. The predicted molar refractivity (Wildman–Crippen MR) is 60.8 cm³/mol. The first-order valence-electron chi connectivity index (χ1n) is 5.35. The molecule has 1 aliphatic rings. The van der Waals surface area contributed by atoms with Gasteiger partial charge in [-0.25, -0.2) is 9.78 Å². The number of carboxylic acids is 1. The fourth-order valence-electron chi connectivity index (χ4n) is 1.50. The van der Waals surface area contributed by atoms with Crippen molar-refractivity contribution in [1.82, 2.24) is 4.98 Å². The molecule has 0 unspecified atom stereocenters. The van der Waals surface area contributed by atoms with Crippen LogP contribution in [0.15, 0.2) is 24.4 Å². The first kappa shape index (κ1) is 11.6. The third-order valence-corrected chi connectivity index (χ3v) is 2.35. The van der Waals surface area contributed by atoms with Gasteiger partial charge in [0.15, 0.2) is 0 Å². The van der Waals surface area contributed by atoms with Crippen LogP contribution in [-0.2, 0) is 9.53 Å². The van der Waals surface area contributed by atoms with Crippen molar-refractivity contribution in [1.29, 1.82) is 0 Å². The summed E-state index contributed by atoms with van der Waals surface area (Å²) in [5.74, 6) is -0.443. The zero-order valence-corrected chi connectivity index (χ0v) is 9.20. The van der Waals surface area contributed by atoms with E-state index in [2.05, 4.69) is 4.98 Å². The van der Waals surface area contributed by atoms with Crippen LogP contribution in [0.2, 0.25) is 0 Å². The Morgan fingerprint density at radius 3 is 3.06 bits per heavy atom. The molecule has 0 bridgehead atoms. The highest BCUT2D eigenvalue weighted by atomic mass is 16.5. The summed E-state index contributed by atoms with van der Waals surface area (Å²) in [7, 11) is 0. The molecule has 1 atom stereocenters. The Labute approximate surface area is 98.7 Å². The molecule has 0 radical (unpaired) electrons. The Morgan fingerprint density at radius 2 is 2.47 bits per heavy atom. The number of ether oxygens (including phenoxy) is 2. The lowest BCUT2D eigenvalue weighted by Gasteiger charge is -2.10. The van der Waals surface area contributed by atoms with Gasteiger partial charge >= 0.3 is 5.97 Å². The highest BCUT2D eigenvalue weighted by Gasteiger charge is 2.17. The van der Waals surface area contributed by atoms with E-state index < -0.39 is 5.97 Å². The molecule has 17 heavy (non-hydrogen) atoms. The van der Waals surface area contributed by atoms with E-state index in [9.17, 15) is 4.79 Å². The molecule has 1 aromatic rings. The number of hydrogen-bond donors (Lipinski definition) is 1. The molecule has 5 heteroatoms. The number of hydrogen-bond acceptors (Lipinski definition) is 4. The Morgan fingerprint density at radius 1 is 1.59 bits per heavy atom. The fourth-order valence-corrected chi connectivity index (χ4v) is 1.50. The van der Waals surface area contributed by atoms with Crippen LogP contribution in [-0.4, -0.2) is 35.4 Å². The van der Waals surface area contributed by atoms with E-state index in [-0.39, 0.29) is 6.10 Å². The third-order valence-electron chi connectivity index (χ3n) is 2.35. The van der Waals surface area contributed by atoms with Crippen LogP contribution in [0, 0.1) is 0 Å². The summed E-state index contributed by atoms with van der Waals surface area (Å²) in [5, 5.41) is 8.47. The molecule has 1 aliphatic heterocycles. The van der Waals surface area contributed by atoms with E-state index in [1.807, 2.05) is 0 Å². The van der Waals surface area contributed by atoms with Gasteiger partial charge in [-0.15, -0.1) is 0 Å². The van der Waals surface area contributed by atoms with E-state index in [1.165, 1.54) is 6.08 Å². The summed E-state index contributed by atoms with van der Waals surface area (Å²) in [6, 6.07) is 3.48. The minimum absolute atomic E-state index is 0.0721. The van der Waals surface area contributed by atoms with Gasteiger partial charge in [0, 0.05) is 24.8 Å². The summed E-state index contributed by atoms with van der Waals surface area (Å²) in [4.78, 5) is 14.4. The molecule has 90 valence electrons. The van der Waals surface area contributed by atoms with Crippen LogP contribution in [0.1, 0.15) is 12.0 Å². The second kappa shape index (κ2) is 5.45. The average molecular weight is 235 g/mol. The Bertz CT molecular complexity index is 407. The van der Waals surface area contributed by atoms with Crippen LogP contribution in [0.25, 0.3) is 6.08 Å². The second-order valence-corrected chi connectivity index (χ2v) is 3.70. The number of carboxylic acid groups (broad SMARTS) is 1. The Hall–Kier alpha value is -1.88. The third kappa shape index (κ3) is 3.57. The summed E-state index contributed by atoms with van der Waals surface area (Å²) in [6.07, 6.45) is 5.08. The lowest BCUT2D eigenvalue weighted by atomic mass is 10.2. The van der Waals surface area contributed by atoms with Gasteiger partial charge in [0.2, 0.25) is 5.88 Å². The molecule has 0 aliphatic carbocycles. The van der Waals surface area contributed by atoms with E-state index in [0.29, 0.717) is 12.5 Å². The maximum Gasteiger partial charge on any atom is 0.328 e. The molecule has 1 aromatic heterocycles. The molecule has 2 rings (SSSR count). The van der Waals surface area contributed by atoms with Gasteiger partial charge in [-0.1, -0.05) is 0 Å². The zero-order valence-electron chi connectivity index (χ0n) is 9.20. The Kier molecular flexibility index (Phi) is 3.72. The topological polar surface area (TPSA) is 68.7 Å². The highest BCUT2D eigenvalue weighted by Crippen LogP contribution is 2.15. The van der Waals surface area contributed by atoms with Crippen molar-refractivity contribution >= 4 is 12.0 Å². The van der Waals surface area contributed by atoms with Crippen LogP contribution < -0.4 is 4.74 Å². The van der Waals surface area contributed by atoms with Gasteiger partial charge in [-0.3, -0.25) is 0 Å². The largest absolute Gasteiger partial charge is 0.478 e. The number of aromatic nitrogens is 1. The molecule has 1 saturated heterocycles. The molecular weight excluding hydrogens is 222 g/mol. The van der Waals surface area contributed by atoms with Gasteiger partial charge in [0.25, 0.3) is 0 Å². The lowest BCUT2D eigenvalue weighted by Crippen LogP contribution is -2.16. The van der Waals surface area contributed by atoms with Crippen LogP contribution in [0.3, 0.4) is 0 Å². The van der Waals surface area contributed by atoms with Crippen molar-refractivity contribution in [3.63, 3.8) is 0 Å². The SMILES string of the molecule is O=C(O)/C=C/c1ccc(O[C@@H]2CCOC2)nc1. The fraction of sp³-hybridized carbons (Fsp3) is 0.333. The smallest absolute Gasteiger partial charge is 0.328 e. The van der Waals surface area contributed by atoms with E-state index >= 15 is 0 Å². The molecule has 5 nitrogen and oxygen atoms in total. The first-order valence-corrected chi connectivity index (χ1v) is 5.35. The summed E-state index contributed by atoms with van der Waals surface area (Å²) in [6.45, 7) is 1.33. The normalized spacial score (nSPS) is 19.6. The molecule has 0 amide bonds.